The maximum atomic E-state index is 14.7. The van der Waals surface area contributed by atoms with Crippen LogP contribution in [0.5, 0.6) is 0 Å². The number of nitrogens with one attached hydrogen (secondary N) is 2. The Labute approximate surface area is 301 Å². The summed E-state index contributed by atoms with van der Waals surface area (Å²) >= 11 is 0. The van der Waals surface area contributed by atoms with Gasteiger partial charge in [-0.3, -0.25) is 19.2 Å². The maximum Gasteiger partial charge on any atom is 0.315 e. The van der Waals surface area contributed by atoms with Gasteiger partial charge in [0.2, 0.25) is 11.7 Å². The van der Waals surface area contributed by atoms with Crippen LogP contribution in [-0.4, -0.2) is 77.3 Å². The molecule has 1 saturated heterocycles. The predicted octanol–water partition coefficient (Wildman–Crippen LogP) is 6.19. The number of rotatable bonds is 14. The fraction of sp³-hybridized carbons (Fsp3) is 0.872. The Hall–Kier alpha value is -2.30. The van der Waals surface area contributed by atoms with Crippen molar-refractivity contribution in [3.8, 4) is 0 Å². The quantitative estimate of drug-likeness (QED) is 0.204. The molecule has 4 aliphatic rings. The van der Waals surface area contributed by atoms with Gasteiger partial charge in [0.25, 0.3) is 0 Å². The van der Waals surface area contributed by atoms with Gasteiger partial charge in [-0.25, -0.2) is 13.2 Å². The van der Waals surface area contributed by atoms with E-state index in [4.69, 9.17) is 0 Å². The van der Waals surface area contributed by atoms with Gasteiger partial charge >= 0.3 is 6.03 Å². The first kappa shape index (κ1) is 40.5. The van der Waals surface area contributed by atoms with Gasteiger partial charge in [0.1, 0.15) is 6.04 Å². The Morgan fingerprint density at radius 2 is 1.52 bits per heavy atom. The van der Waals surface area contributed by atoms with Crippen LogP contribution in [0.3, 0.4) is 0 Å². The molecule has 5 atom stereocenters. The summed E-state index contributed by atoms with van der Waals surface area (Å²) in [5, 5.41) is 5.99. The average Bonchev–Trinajstić information content (AvgIpc) is 3.64. The summed E-state index contributed by atoms with van der Waals surface area (Å²) in [7, 11) is -3.55. The fourth-order valence-electron chi connectivity index (χ4n) is 8.75. The Morgan fingerprint density at radius 1 is 0.900 bits per heavy atom. The van der Waals surface area contributed by atoms with Crippen LogP contribution in [0, 0.1) is 34.5 Å². The van der Waals surface area contributed by atoms with Crippen molar-refractivity contribution in [3.05, 3.63) is 0 Å². The number of fused-ring (bicyclic) bond motifs is 1. The van der Waals surface area contributed by atoms with E-state index in [0.29, 0.717) is 32.2 Å². The molecule has 11 heteroatoms. The highest BCUT2D eigenvalue weighted by Crippen LogP contribution is 2.53. The highest BCUT2D eigenvalue weighted by atomic mass is 32.2. The molecule has 1 unspecified atom stereocenters. The number of ketones is 3. The minimum absolute atomic E-state index is 0.0662. The zero-order valence-corrected chi connectivity index (χ0v) is 33.1. The van der Waals surface area contributed by atoms with Crippen molar-refractivity contribution in [2.24, 2.45) is 34.5 Å². The summed E-state index contributed by atoms with van der Waals surface area (Å²) in [5.41, 5.74) is -1.77. The second kappa shape index (κ2) is 15.0. The maximum absolute atomic E-state index is 14.7. The number of likely N-dealkylation sites (tertiary alicyclic amines) is 1. The van der Waals surface area contributed by atoms with Gasteiger partial charge in [0.05, 0.1) is 22.1 Å². The summed E-state index contributed by atoms with van der Waals surface area (Å²) < 4.78 is 25.7. The van der Waals surface area contributed by atoms with Crippen molar-refractivity contribution in [1.29, 1.82) is 0 Å². The molecule has 1 heterocycles. The van der Waals surface area contributed by atoms with Gasteiger partial charge in [-0.15, -0.1) is 0 Å². The van der Waals surface area contributed by atoms with Crippen molar-refractivity contribution in [1.82, 2.24) is 15.5 Å². The Morgan fingerprint density at radius 3 is 2.06 bits per heavy atom. The first-order valence-corrected chi connectivity index (χ1v) is 20.9. The van der Waals surface area contributed by atoms with Gasteiger partial charge in [0, 0.05) is 25.3 Å². The van der Waals surface area contributed by atoms with Crippen LogP contribution in [0.1, 0.15) is 146 Å². The molecule has 0 aromatic rings. The molecule has 4 rings (SSSR count). The zero-order valence-electron chi connectivity index (χ0n) is 32.3. The van der Waals surface area contributed by atoms with E-state index < -0.39 is 55.4 Å². The average molecular weight is 720 g/mol. The molecule has 0 aromatic heterocycles. The van der Waals surface area contributed by atoms with Gasteiger partial charge in [0.15, 0.2) is 21.4 Å². The second-order valence-electron chi connectivity index (χ2n) is 18.9. The van der Waals surface area contributed by atoms with Gasteiger partial charge in [-0.05, 0) is 94.3 Å². The Bertz CT molecular complexity index is 1410. The minimum Gasteiger partial charge on any atom is -0.332 e. The number of hydrogen-bond donors (Lipinski definition) is 2. The third kappa shape index (κ3) is 9.19. The number of amides is 3. The van der Waals surface area contributed by atoms with Crippen molar-refractivity contribution >= 4 is 39.1 Å². The van der Waals surface area contributed by atoms with E-state index in [1.165, 1.54) is 0 Å². The monoisotopic (exact) mass is 719 g/mol. The van der Waals surface area contributed by atoms with Crippen LogP contribution >= 0.6 is 0 Å². The lowest BCUT2D eigenvalue weighted by Crippen LogP contribution is -2.63. The van der Waals surface area contributed by atoms with Crippen LogP contribution in [0.4, 0.5) is 4.79 Å². The molecule has 0 radical (unpaired) electrons. The summed E-state index contributed by atoms with van der Waals surface area (Å²) in [6.45, 7) is 17.3. The smallest absolute Gasteiger partial charge is 0.315 e. The molecular formula is C39H65N3O7S. The number of hydrogen-bond acceptors (Lipinski definition) is 7. The number of carbonyl (C=O) groups excluding carboxylic acids is 5. The Kier molecular flexibility index (Phi) is 12.1. The third-order valence-electron chi connectivity index (χ3n) is 12.3. The molecule has 2 N–H and O–H groups in total. The lowest BCUT2D eigenvalue weighted by Gasteiger charge is -2.41. The van der Waals surface area contributed by atoms with Crippen molar-refractivity contribution < 1.29 is 32.4 Å². The Balaban J connectivity index is 1.59. The first-order chi connectivity index (χ1) is 23.0. The number of carbonyl (C=O) groups is 5. The zero-order chi connectivity index (χ0) is 37.4. The molecule has 3 aliphatic carbocycles. The van der Waals surface area contributed by atoms with Crippen LogP contribution in [0.2, 0.25) is 0 Å². The van der Waals surface area contributed by atoms with Crippen LogP contribution < -0.4 is 10.6 Å². The predicted molar refractivity (Wildman–Crippen MR) is 195 cm³/mol. The van der Waals surface area contributed by atoms with E-state index in [9.17, 15) is 32.4 Å². The van der Waals surface area contributed by atoms with Gasteiger partial charge < -0.3 is 15.5 Å². The van der Waals surface area contributed by atoms with E-state index >= 15 is 0 Å². The van der Waals surface area contributed by atoms with E-state index in [2.05, 4.69) is 24.5 Å². The van der Waals surface area contributed by atoms with E-state index in [0.717, 1.165) is 44.9 Å². The summed E-state index contributed by atoms with van der Waals surface area (Å²) in [6, 6.07) is -2.32. The standard InChI is InChI=1S/C39H65N3O7S/c1-10-14-26(32(45)30(44)21-25-15-16-25)22-29(43)31-27-17-20-38(8,9)28(27)23-42(31)34(46)33(36(2,3)4)40-35(47)41-39(18-12-11-13-19-39)24-50(48,49)37(5,6)7/h25-28,31,33H,10-24H2,1-9H3,(H2,40,41,47)/t26?,27-,28-,31-,33+/m0/s1. The molecule has 3 amide bonds. The van der Waals surface area contributed by atoms with Crippen LogP contribution in [0.15, 0.2) is 0 Å². The van der Waals surface area contributed by atoms with Crippen LogP contribution in [0.25, 0.3) is 0 Å². The minimum atomic E-state index is -3.55. The van der Waals surface area contributed by atoms with Crippen molar-refractivity contribution in [3.63, 3.8) is 0 Å². The van der Waals surface area contributed by atoms with E-state index in [-0.39, 0.29) is 59.2 Å². The largest absolute Gasteiger partial charge is 0.332 e. The molecule has 50 heavy (non-hydrogen) atoms. The summed E-state index contributed by atoms with van der Waals surface area (Å²) in [4.78, 5) is 70.7. The third-order valence-corrected chi connectivity index (χ3v) is 15.1. The fourth-order valence-corrected chi connectivity index (χ4v) is 10.3. The lowest BCUT2D eigenvalue weighted by atomic mass is 9.78. The number of nitrogens with zero attached hydrogens (tertiary/aromatic N) is 1. The number of urea groups is 1. The topological polar surface area (TPSA) is 147 Å². The molecule has 3 saturated carbocycles. The van der Waals surface area contributed by atoms with E-state index in [1.54, 1.807) is 25.7 Å². The summed E-state index contributed by atoms with van der Waals surface area (Å²) in [5.74, 6) is -1.93. The SMILES string of the molecule is CCCC(CC(=O)[C@@H]1[C@H]2CCC(C)(C)[C@H]2CN1C(=O)[C@@H](NC(=O)NC1(CS(=O)(=O)C(C)(C)C)CCCCC1)C(C)(C)C)C(=O)C(=O)CC1CC1. The van der Waals surface area contributed by atoms with Gasteiger partial charge in [-0.2, -0.15) is 0 Å². The lowest BCUT2D eigenvalue weighted by molar-refractivity contribution is -0.144. The molecule has 0 bridgehead atoms. The molecule has 1 aliphatic heterocycles. The van der Waals surface area contributed by atoms with Crippen LogP contribution in [-0.2, 0) is 29.0 Å². The summed E-state index contributed by atoms with van der Waals surface area (Å²) in [6.07, 6.45) is 8.55. The highest BCUT2D eigenvalue weighted by molar-refractivity contribution is 7.92. The van der Waals surface area contributed by atoms with Crippen molar-refractivity contribution in [2.75, 3.05) is 12.3 Å². The van der Waals surface area contributed by atoms with E-state index in [1.807, 2.05) is 27.7 Å². The highest BCUT2D eigenvalue weighted by Gasteiger charge is 2.57. The normalized spacial score (nSPS) is 26.1. The molecule has 4 fully saturated rings. The molecule has 0 spiro atoms. The number of Topliss-reactive ketones (excluding diaryl/α,β-unsaturated/α-hetero) is 3. The molecular weight excluding hydrogens is 655 g/mol. The molecule has 284 valence electrons. The van der Waals surface area contributed by atoms with Gasteiger partial charge in [-0.1, -0.05) is 67.2 Å². The first-order valence-electron chi connectivity index (χ1n) is 19.2. The molecule has 0 aromatic carbocycles. The number of sulfone groups is 1. The second-order valence-corrected chi connectivity index (χ2v) is 21.7. The van der Waals surface area contributed by atoms with Crippen molar-refractivity contribution in [2.45, 2.75) is 168 Å². The molecule has 10 nitrogen and oxygen atoms in total.